The normalized spacial score (nSPS) is 9.18. The van der Waals surface area contributed by atoms with Gasteiger partial charge in [0.15, 0.2) is 0 Å². The van der Waals surface area contributed by atoms with Gasteiger partial charge in [-0.15, -0.1) is 0 Å². The van der Waals surface area contributed by atoms with Gasteiger partial charge in [0.1, 0.15) is 13.2 Å². The highest BCUT2D eigenvalue weighted by molar-refractivity contribution is 5.59. The highest BCUT2D eigenvalue weighted by atomic mass is 16.7. The summed E-state index contributed by atoms with van der Waals surface area (Å²) in [6, 6.07) is 0. The van der Waals surface area contributed by atoms with Crippen LogP contribution < -0.4 is 0 Å². The Morgan fingerprint density at radius 2 is 1.91 bits per heavy atom. The molecular formula is C7H13O4+. The SMILES string of the molecule is [CH2+]OCCOC(=O)OCCC. The average Bonchev–Trinajstić information content (AvgIpc) is 2.01. The van der Waals surface area contributed by atoms with Crippen LogP contribution in [0.15, 0.2) is 0 Å². The fourth-order valence-electron chi connectivity index (χ4n) is 0.411. The number of hydrogen-bond acceptors (Lipinski definition) is 4. The molecule has 0 radical (unpaired) electrons. The molecule has 0 atom stereocenters. The highest BCUT2D eigenvalue weighted by Crippen LogP contribution is 1.87. The first-order chi connectivity index (χ1) is 5.31. The van der Waals surface area contributed by atoms with Gasteiger partial charge in [-0.2, -0.15) is 4.74 Å². The van der Waals surface area contributed by atoms with E-state index in [0.29, 0.717) is 13.2 Å². The van der Waals surface area contributed by atoms with Crippen molar-refractivity contribution in [1.29, 1.82) is 0 Å². The largest absolute Gasteiger partial charge is 0.508 e. The number of carbonyl (C=O) groups excluding carboxylic acids is 1. The van der Waals surface area contributed by atoms with Crippen LogP contribution in [0.4, 0.5) is 4.79 Å². The summed E-state index contributed by atoms with van der Waals surface area (Å²) in [6.45, 7) is 2.78. The van der Waals surface area contributed by atoms with Crippen molar-refractivity contribution in [1.82, 2.24) is 0 Å². The number of hydrogen-bond donors (Lipinski definition) is 0. The number of carbonyl (C=O) groups is 1. The van der Waals surface area contributed by atoms with Gasteiger partial charge in [-0.05, 0) is 6.42 Å². The molecule has 0 aliphatic heterocycles. The first kappa shape index (κ1) is 10.1. The third-order valence-corrected chi connectivity index (χ3v) is 0.872. The Kier molecular flexibility index (Phi) is 6.62. The van der Waals surface area contributed by atoms with Crippen molar-refractivity contribution in [3.63, 3.8) is 0 Å². The predicted octanol–water partition coefficient (Wildman–Crippen LogP) is 1.36. The lowest BCUT2D eigenvalue weighted by atomic mass is 10.5. The molecule has 0 aromatic carbocycles. The van der Waals surface area contributed by atoms with Crippen LogP contribution in [0.5, 0.6) is 0 Å². The van der Waals surface area contributed by atoms with Crippen LogP contribution in [-0.2, 0) is 14.2 Å². The molecule has 0 aromatic rings. The molecule has 0 bridgehead atoms. The van der Waals surface area contributed by atoms with Gasteiger partial charge in [-0.1, -0.05) is 6.92 Å². The topological polar surface area (TPSA) is 44.8 Å². The zero-order valence-electron chi connectivity index (χ0n) is 6.67. The maximum atomic E-state index is 10.6. The number of rotatable bonds is 5. The molecule has 0 aliphatic rings. The van der Waals surface area contributed by atoms with Crippen molar-refractivity contribution in [2.24, 2.45) is 0 Å². The second-order valence-corrected chi connectivity index (χ2v) is 1.86. The molecule has 0 saturated carbocycles. The van der Waals surface area contributed by atoms with Gasteiger partial charge in [0, 0.05) is 0 Å². The molecule has 0 aromatic heterocycles. The maximum absolute atomic E-state index is 10.6. The fourth-order valence-corrected chi connectivity index (χ4v) is 0.411. The van der Waals surface area contributed by atoms with Gasteiger partial charge in [0.05, 0.1) is 6.61 Å². The number of ether oxygens (including phenoxy) is 3. The third kappa shape index (κ3) is 6.99. The van der Waals surface area contributed by atoms with Crippen LogP contribution in [0.1, 0.15) is 13.3 Å². The maximum Gasteiger partial charge on any atom is 0.508 e. The molecule has 0 spiro atoms. The predicted molar refractivity (Wildman–Crippen MR) is 38.9 cm³/mol. The lowest BCUT2D eigenvalue weighted by Gasteiger charge is -2.02. The van der Waals surface area contributed by atoms with Crippen molar-refractivity contribution in [3.8, 4) is 0 Å². The molecule has 0 fully saturated rings. The van der Waals surface area contributed by atoms with E-state index in [9.17, 15) is 4.79 Å². The molecule has 64 valence electrons. The van der Waals surface area contributed by atoms with Crippen LogP contribution in [0.3, 0.4) is 0 Å². The second-order valence-electron chi connectivity index (χ2n) is 1.86. The van der Waals surface area contributed by atoms with E-state index in [1.165, 1.54) is 0 Å². The van der Waals surface area contributed by atoms with E-state index in [2.05, 4.69) is 21.3 Å². The van der Waals surface area contributed by atoms with Gasteiger partial charge < -0.3 is 9.47 Å². The summed E-state index contributed by atoms with van der Waals surface area (Å²) in [5.74, 6) is 0. The third-order valence-electron chi connectivity index (χ3n) is 0.872. The Balaban J connectivity index is 3.09. The zero-order valence-corrected chi connectivity index (χ0v) is 6.67. The molecule has 0 heterocycles. The van der Waals surface area contributed by atoms with E-state index in [0.717, 1.165) is 6.42 Å². The summed E-state index contributed by atoms with van der Waals surface area (Å²) >= 11 is 0. The Hall–Kier alpha value is -0.900. The molecule has 0 unspecified atom stereocenters. The van der Waals surface area contributed by atoms with Crippen LogP contribution >= 0.6 is 0 Å². The summed E-state index contributed by atoms with van der Waals surface area (Å²) in [5.41, 5.74) is 0. The van der Waals surface area contributed by atoms with E-state index in [-0.39, 0.29) is 6.61 Å². The molecule has 0 aliphatic carbocycles. The van der Waals surface area contributed by atoms with E-state index in [4.69, 9.17) is 0 Å². The fraction of sp³-hybridized carbons (Fsp3) is 0.714. The lowest BCUT2D eigenvalue weighted by Crippen LogP contribution is -2.11. The molecule has 0 rings (SSSR count). The van der Waals surface area contributed by atoms with Crippen LogP contribution in [-0.4, -0.2) is 26.0 Å². The van der Waals surface area contributed by atoms with Crippen molar-refractivity contribution in [2.45, 2.75) is 13.3 Å². The molecule has 0 amide bonds. The van der Waals surface area contributed by atoms with E-state index < -0.39 is 6.16 Å². The minimum absolute atomic E-state index is 0.187. The van der Waals surface area contributed by atoms with Crippen LogP contribution in [0, 0.1) is 7.11 Å². The Morgan fingerprint density at radius 3 is 2.45 bits per heavy atom. The quantitative estimate of drug-likeness (QED) is 0.347. The first-order valence-corrected chi connectivity index (χ1v) is 3.47. The Morgan fingerprint density at radius 1 is 1.27 bits per heavy atom. The van der Waals surface area contributed by atoms with Gasteiger partial charge in [-0.25, -0.2) is 4.79 Å². The van der Waals surface area contributed by atoms with Crippen molar-refractivity contribution in [2.75, 3.05) is 19.8 Å². The standard InChI is InChI=1S/C7H13O4/c1-3-4-10-7(8)11-6-5-9-2/h2-6H2,1H3/q+1. The minimum Gasteiger partial charge on any atom is -0.434 e. The minimum atomic E-state index is -0.649. The zero-order chi connectivity index (χ0) is 8.53. The van der Waals surface area contributed by atoms with Crippen LogP contribution in [0.2, 0.25) is 0 Å². The van der Waals surface area contributed by atoms with Gasteiger partial charge >= 0.3 is 6.16 Å². The Labute approximate surface area is 66.4 Å². The van der Waals surface area contributed by atoms with Gasteiger partial charge in [-0.3, -0.25) is 0 Å². The van der Waals surface area contributed by atoms with Gasteiger partial charge in [0.25, 0.3) is 0 Å². The Bertz CT molecular complexity index is 103. The molecule has 4 heteroatoms. The van der Waals surface area contributed by atoms with E-state index in [1.807, 2.05) is 6.92 Å². The molecule has 0 N–H and O–H groups in total. The van der Waals surface area contributed by atoms with E-state index in [1.54, 1.807) is 0 Å². The summed E-state index contributed by atoms with van der Waals surface area (Å²) in [4.78, 5) is 10.6. The summed E-state index contributed by atoms with van der Waals surface area (Å²) in [5, 5.41) is 0. The molecular weight excluding hydrogens is 148 g/mol. The van der Waals surface area contributed by atoms with Crippen molar-refractivity contribution >= 4 is 6.16 Å². The average molecular weight is 161 g/mol. The first-order valence-electron chi connectivity index (χ1n) is 3.47. The summed E-state index contributed by atoms with van der Waals surface area (Å²) in [6.07, 6.45) is 0.143. The summed E-state index contributed by atoms with van der Waals surface area (Å²) < 4.78 is 13.6. The molecule has 11 heavy (non-hydrogen) atoms. The molecule has 4 nitrogen and oxygen atoms in total. The second kappa shape index (κ2) is 7.21. The lowest BCUT2D eigenvalue weighted by molar-refractivity contribution is 0.0409. The molecule has 0 saturated heterocycles. The smallest absolute Gasteiger partial charge is 0.434 e. The monoisotopic (exact) mass is 161 g/mol. The highest BCUT2D eigenvalue weighted by Gasteiger charge is 2.01. The van der Waals surface area contributed by atoms with E-state index >= 15 is 0 Å². The van der Waals surface area contributed by atoms with Crippen molar-refractivity contribution in [3.05, 3.63) is 7.11 Å². The van der Waals surface area contributed by atoms with Crippen LogP contribution in [0.25, 0.3) is 0 Å². The van der Waals surface area contributed by atoms with Gasteiger partial charge in [0.2, 0.25) is 7.11 Å². The van der Waals surface area contributed by atoms with Crippen molar-refractivity contribution < 1.29 is 19.0 Å². The summed E-state index contributed by atoms with van der Waals surface area (Å²) in [7, 11) is 3.11.